The number of rotatable bonds is 8. The summed E-state index contributed by atoms with van der Waals surface area (Å²) in [6, 6.07) is 10.8. The summed E-state index contributed by atoms with van der Waals surface area (Å²) in [5, 5.41) is 6.68. The van der Waals surface area contributed by atoms with Gasteiger partial charge in [-0.2, -0.15) is 0 Å². The highest BCUT2D eigenvalue weighted by Gasteiger charge is 2.25. The third-order valence-electron chi connectivity index (χ3n) is 4.56. The molecule has 0 spiro atoms. The smallest absolute Gasteiger partial charge is 0.134 e. The Morgan fingerprint density at radius 2 is 2.15 bits per heavy atom. The van der Waals surface area contributed by atoms with E-state index in [9.17, 15) is 0 Å². The Kier molecular flexibility index (Phi) is 6.28. The molecule has 3 rings (SSSR count). The van der Waals surface area contributed by atoms with E-state index in [1.807, 2.05) is 33.0 Å². The highest BCUT2D eigenvalue weighted by molar-refractivity contribution is 5.49. The van der Waals surface area contributed by atoms with E-state index in [1.54, 1.807) is 6.33 Å². The number of anilines is 2. The topological polar surface area (TPSA) is 62.3 Å². The highest BCUT2D eigenvalue weighted by Crippen LogP contribution is 2.24. The van der Waals surface area contributed by atoms with Gasteiger partial charge in [-0.15, -0.1) is 0 Å². The molecule has 2 N–H and O–H groups in total. The summed E-state index contributed by atoms with van der Waals surface area (Å²) in [6.07, 6.45) is 4.20. The summed E-state index contributed by atoms with van der Waals surface area (Å²) < 4.78 is 5.78. The van der Waals surface area contributed by atoms with Gasteiger partial charge >= 0.3 is 0 Å². The number of aromatic nitrogens is 2. The lowest BCUT2D eigenvalue weighted by Crippen LogP contribution is -2.38. The fourth-order valence-electron chi connectivity index (χ4n) is 3.37. The number of hydrogen-bond acceptors (Lipinski definition) is 6. The van der Waals surface area contributed by atoms with E-state index in [4.69, 9.17) is 4.74 Å². The van der Waals surface area contributed by atoms with Crippen LogP contribution < -0.4 is 20.3 Å². The van der Waals surface area contributed by atoms with Crippen molar-refractivity contribution in [2.75, 3.05) is 30.4 Å². The first-order valence-corrected chi connectivity index (χ1v) is 9.38. The third-order valence-corrected chi connectivity index (χ3v) is 4.56. The van der Waals surface area contributed by atoms with E-state index in [-0.39, 0.29) is 6.10 Å². The predicted molar refractivity (Wildman–Crippen MR) is 106 cm³/mol. The average molecular weight is 355 g/mol. The predicted octanol–water partition coefficient (Wildman–Crippen LogP) is 3.06. The van der Waals surface area contributed by atoms with Gasteiger partial charge in [-0.3, -0.25) is 0 Å². The molecule has 0 aliphatic carbocycles. The maximum absolute atomic E-state index is 5.78. The Morgan fingerprint density at radius 1 is 1.27 bits per heavy atom. The van der Waals surface area contributed by atoms with Crippen LogP contribution in [-0.2, 0) is 6.54 Å². The first-order valence-electron chi connectivity index (χ1n) is 9.38. The zero-order valence-corrected chi connectivity index (χ0v) is 15.9. The Hall–Kier alpha value is -2.34. The zero-order chi connectivity index (χ0) is 18.4. The van der Waals surface area contributed by atoms with Crippen LogP contribution in [0.1, 0.15) is 32.3 Å². The standard InChI is InChI=1S/C20H29N5O/c1-15(2)26-18-8-4-6-16(10-18)12-22-13-17-7-5-9-25(17)20-11-19(21-3)23-14-24-20/h4,6,8,10-11,14-15,17,22H,5,7,9,12-13H2,1-3H3,(H,21,23,24). The lowest BCUT2D eigenvalue weighted by Gasteiger charge is -2.26. The van der Waals surface area contributed by atoms with Gasteiger partial charge in [0.2, 0.25) is 0 Å². The number of benzene rings is 1. The van der Waals surface area contributed by atoms with Crippen molar-refractivity contribution in [1.82, 2.24) is 15.3 Å². The van der Waals surface area contributed by atoms with Crippen LogP contribution in [0.4, 0.5) is 11.6 Å². The van der Waals surface area contributed by atoms with E-state index in [0.29, 0.717) is 6.04 Å². The number of hydrogen-bond donors (Lipinski definition) is 2. The average Bonchev–Trinajstić information content (AvgIpc) is 3.10. The maximum Gasteiger partial charge on any atom is 0.134 e. The molecule has 26 heavy (non-hydrogen) atoms. The maximum atomic E-state index is 5.78. The van der Waals surface area contributed by atoms with E-state index in [1.165, 1.54) is 18.4 Å². The third kappa shape index (κ3) is 4.85. The monoisotopic (exact) mass is 355 g/mol. The van der Waals surface area contributed by atoms with Crippen LogP contribution >= 0.6 is 0 Å². The zero-order valence-electron chi connectivity index (χ0n) is 15.9. The first kappa shape index (κ1) is 18.5. The van der Waals surface area contributed by atoms with Crippen LogP contribution in [0, 0.1) is 0 Å². The second kappa shape index (κ2) is 8.85. The molecule has 0 bridgehead atoms. The number of ether oxygens (including phenoxy) is 1. The minimum absolute atomic E-state index is 0.195. The van der Waals surface area contributed by atoms with Crippen LogP contribution in [0.5, 0.6) is 5.75 Å². The molecule has 1 saturated heterocycles. The normalized spacial score (nSPS) is 16.9. The van der Waals surface area contributed by atoms with Gasteiger partial charge in [0, 0.05) is 38.8 Å². The van der Waals surface area contributed by atoms with E-state index in [2.05, 4.69) is 43.7 Å². The fraction of sp³-hybridized carbons (Fsp3) is 0.500. The van der Waals surface area contributed by atoms with Crippen molar-refractivity contribution in [3.05, 3.63) is 42.2 Å². The van der Waals surface area contributed by atoms with Crippen molar-refractivity contribution in [3.8, 4) is 5.75 Å². The molecule has 6 heteroatoms. The molecule has 2 heterocycles. The van der Waals surface area contributed by atoms with Gasteiger partial charge in [0.15, 0.2) is 0 Å². The van der Waals surface area contributed by atoms with Crippen LogP contribution in [0.25, 0.3) is 0 Å². The highest BCUT2D eigenvalue weighted by atomic mass is 16.5. The number of nitrogens with zero attached hydrogens (tertiary/aromatic N) is 3. The first-order chi connectivity index (χ1) is 12.7. The molecule has 0 amide bonds. The summed E-state index contributed by atoms with van der Waals surface area (Å²) in [6.45, 7) is 6.92. The van der Waals surface area contributed by atoms with Crippen LogP contribution in [0.2, 0.25) is 0 Å². The van der Waals surface area contributed by atoms with Crippen molar-refractivity contribution < 1.29 is 4.74 Å². The largest absolute Gasteiger partial charge is 0.491 e. The molecule has 1 aromatic heterocycles. The lowest BCUT2D eigenvalue weighted by atomic mass is 10.2. The molecule has 1 atom stereocenters. The van der Waals surface area contributed by atoms with Crippen LogP contribution in [-0.4, -0.2) is 42.3 Å². The summed E-state index contributed by atoms with van der Waals surface area (Å²) in [7, 11) is 1.88. The van der Waals surface area contributed by atoms with Crippen LogP contribution in [0.3, 0.4) is 0 Å². The minimum Gasteiger partial charge on any atom is -0.491 e. The molecule has 140 valence electrons. The summed E-state index contributed by atoms with van der Waals surface area (Å²) >= 11 is 0. The molecule has 1 unspecified atom stereocenters. The van der Waals surface area contributed by atoms with Gasteiger partial charge in [-0.1, -0.05) is 12.1 Å². The molecule has 0 saturated carbocycles. The molecule has 1 aliphatic heterocycles. The molecule has 0 radical (unpaired) electrons. The molecule has 1 aliphatic rings. The van der Waals surface area contributed by atoms with Gasteiger partial charge < -0.3 is 20.3 Å². The van der Waals surface area contributed by atoms with Gasteiger partial charge in [-0.25, -0.2) is 9.97 Å². The molecule has 2 aromatic rings. The van der Waals surface area contributed by atoms with Gasteiger partial charge in [0.1, 0.15) is 23.7 Å². The van der Waals surface area contributed by atoms with E-state index < -0.39 is 0 Å². The van der Waals surface area contributed by atoms with E-state index in [0.717, 1.165) is 37.0 Å². The molecule has 1 aromatic carbocycles. The second-order valence-corrected chi connectivity index (χ2v) is 6.95. The SMILES string of the molecule is CNc1cc(N2CCCC2CNCc2cccc(OC(C)C)c2)ncn1. The summed E-state index contributed by atoms with van der Waals surface area (Å²) in [5.74, 6) is 2.79. The van der Waals surface area contributed by atoms with Gasteiger partial charge in [0.25, 0.3) is 0 Å². The molecule has 6 nitrogen and oxygen atoms in total. The molecular weight excluding hydrogens is 326 g/mol. The Bertz CT molecular complexity index is 706. The van der Waals surface area contributed by atoms with Crippen molar-refractivity contribution in [3.63, 3.8) is 0 Å². The summed E-state index contributed by atoms with van der Waals surface area (Å²) in [5.41, 5.74) is 1.24. The fourth-order valence-corrected chi connectivity index (χ4v) is 3.37. The Morgan fingerprint density at radius 3 is 2.96 bits per heavy atom. The van der Waals surface area contributed by atoms with Crippen molar-refractivity contribution in [2.24, 2.45) is 0 Å². The second-order valence-electron chi connectivity index (χ2n) is 6.95. The molecular formula is C20H29N5O. The minimum atomic E-state index is 0.195. The summed E-state index contributed by atoms with van der Waals surface area (Å²) in [4.78, 5) is 11.0. The van der Waals surface area contributed by atoms with Crippen LogP contribution in [0.15, 0.2) is 36.7 Å². The van der Waals surface area contributed by atoms with Gasteiger partial charge in [0.05, 0.1) is 6.10 Å². The van der Waals surface area contributed by atoms with Crippen molar-refractivity contribution >= 4 is 11.6 Å². The van der Waals surface area contributed by atoms with Crippen molar-refractivity contribution in [2.45, 2.75) is 45.4 Å². The quantitative estimate of drug-likeness (QED) is 0.759. The Balaban J connectivity index is 1.55. The van der Waals surface area contributed by atoms with Crippen molar-refractivity contribution in [1.29, 1.82) is 0 Å². The van der Waals surface area contributed by atoms with Gasteiger partial charge in [-0.05, 0) is 44.4 Å². The lowest BCUT2D eigenvalue weighted by molar-refractivity contribution is 0.242. The van der Waals surface area contributed by atoms with E-state index >= 15 is 0 Å². The Labute approximate surface area is 156 Å². The molecule has 1 fully saturated rings. The number of nitrogens with one attached hydrogen (secondary N) is 2.